The third kappa shape index (κ3) is 2.22. The van der Waals surface area contributed by atoms with Crippen LogP contribution in [0.25, 0.3) is 0 Å². The summed E-state index contributed by atoms with van der Waals surface area (Å²) in [4.78, 5) is 14.7. The lowest BCUT2D eigenvalue weighted by molar-refractivity contribution is 0.0588. The molecule has 1 aromatic heterocycles. The van der Waals surface area contributed by atoms with Crippen LogP contribution in [0, 0.1) is 0 Å². The Morgan fingerprint density at radius 2 is 2.50 bits per heavy atom. The average Bonchev–Trinajstić information content (AvgIpc) is 2.81. The molecule has 2 heterocycles. The van der Waals surface area contributed by atoms with E-state index in [1.807, 2.05) is 11.8 Å². The molecule has 88 valence electrons. The largest absolute Gasteiger partial charge is 0.333 e. The zero-order chi connectivity index (χ0) is 11.5. The maximum Gasteiger partial charge on any atom is 0.267 e. The van der Waals surface area contributed by atoms with Crippen molar-refractivity contribution in [2.75, 3.05) is 6.54 Å². The molecule has 2 rings (SSSR count). The van der Waals surface area contributed by atoms with Gasteiger partial charge in [-0.25, -0.2) is 0 Å². The van der Waals surface area contributed by atoms with Crippen LogP contribution in [-0.4, -0.2) is 39.0 Å². The standard InChI is InChI=1S/C10H16N4OS/c1-7(11)8-4-2-3-5-14(8)10(15)9-6-12-13-16-9/h6-8H,2-5,11H2,1H3. The van der Waals surface area contributed by atoms with Gasteiger partial charge >= 0.3 is 0 Å². The van der Waals surface area contributed by atoms with Gasteiger partial charge in [-0.2, -0.15) is 0 Å². The van der Waals surface area contributed by atoms with E-state index in [1.165, 1.54) is 6.20 Å². The van der Waals surface area contributed by atoms with Gasteiger partial charge in [0.2, 0.25) is 0 Å². The highest BCUT2D eigenvalue weighted by atomic mass is 32.1. The predicted octanol–water partition coefficient (Wildman–Crippen LogP) is 0.880. The normalized spacial score (nSPS) is 23.1. The highest BCUT2D eigenvalue weighted by Gasteiger charge is 2.30. The molecule has 1 aliphatic rings. The predicted molar refractivity (Wildman–Crippen MR) is 62.2 cm³/mol. The summed E-state index contributed by atoms with van der Waals surface area (Å²) in [6.07, 6.45) is 4.73. The molecular formula is C10H16N4OS. The number of nitrogens with zero attached hydrogens (tertiary/aromatic N) is 3. The van der Waals surface area contributed by atoms with E-state index in [9.17, 15) is 4.79 Å². The van der Waals surface area contributed by atoms with Crippen molar-refractivity contribution < 1.29 is 4.79 Å². The van der Waals surface area contributed by atoms with Crippen molar-refractivity contribution in [2.24, 2.45) is 5.73 Å². The number of amides is 1. The third-order valence-electron chi connectivity index (χ3n) is 2.99. The SMILES string of the molecule is CC(N)C1CCCCN1C(=O)c1cnns1. The topological polar surface area (TPSA) is 72.1 Å². The van der Waals surface area contributed by atoms with Crippen molar-refractivity contribution >= 4 is 17.4 Å². The van der Waals surface area contributed by atoms with E-state index in [0.717, 1.165) is 37.3 Å². The highest BCUT2D eigenvalue weighted by molar-refractivity contribution is 7.07. The number of nitrogens with two attached hydrogens (primary N) is 1. The smallest absolute Gasteiger partial charge is 0.267 e. The molecule has 2 atom stereocenters. The fraction of sp³-hybridized carbons (Fsp3) is 0.700. The summed E-state index contributed by atoms with van der Waals surface area (Å²) in [6, 6.07) is 0.175. The minimum Gasteiger partial charge on any atom is -0.333 e. The molecule has 0 aromatic carbocycles. The van der Waals surface area contributed by atoms with Gasteiger partial charge in [-0.3, -0.25) is 4.79 Å². The lowest BCUT2D eigenvalue weighted by atomic mass is 9.97. The molecule has 0 spiro atoms. The fourth-order valence-electron chi connectivity index (χ4n) is 2.16. The van der Waals surface area contributed by atoms with Gasteiger partial charge in [0.25, 0.3) is 5.91 Å². The molecule has 6 heteroatoms. The van der Waals surface area contributed by atoms with Crippen LogP contribution in [0.4, 0.5) is 0 Å². The molecule has 5 nitrogen and oxygen atoms in total. The number of carbonyl (C=O) groups is 1. The van der Waals surface area contributed by atoms with Crippen LogP contribution >= 0.6 is 11.5 Å². The van der Waals surface area contributed by atoms with Gasteiger partial charge in [0.1, 0.15) is 4.88 Å². The van der Waals surface area contributed by atoms with Crippen molar-refractivity contribution in [2.45, 2.75) is 38.3 Å². The van der Waals surface area contributed by atoms with Crippen LogP contribution in [0.1, 0.15) is 35.9 Å². The van der Waals surface area contributed by atoms with Crippen molar-refractivity contribution in [3.05, 3.63) is 11.1 Å². The Kier molecular flexibility index (Phi) is 3.50. The van der Waals surface area contributed by atoms with Crippen LogP contribution in [-0.2, 0) is 0 Å². The molecule has 1 saturated heterocycles. The van der Waals surface area contributed by atoms with E-state index < -0.39 is 0 Å². The molecule has 1 fully saturated rings. The van der Waals surface area contributed by atoms with Gasteiger partial charge in [-0.15, -0.1) is 5.10 Å². The lowest BCUT2D eigenvalue weighted by Gasteiger charge is -2.37. The maximum atomic E-state index is 12.2. The summed E-state index contributed by atoms with van der Waals surface area (Å²) in [6.45, 7) is 2.75. The summed E-state index contributed by atoms with van der Waals surface area (Å²) < 4.78 is 3.72. The zero-order valence-electron chi connectivity index (χ0n) is 9.30. The van der Waals surface area contributed by atoms with Crippen molar-refractivity contribution in [3.8, 4) is 0 Å². The van der Waals surface area contributed by atoms with Crippen LogP contribution in [0.3, 0.4) is 0 Å². The number of carbonyl (C=O) groups excluding carboxylic acids is 1. The molecule has 0 bridgehead atoms. The lowest BCUT2D eigenvalue weighted by Crippen LogP contribution is -2.51. The number of likely N-dealkylation sites (tertiary alicyclic amines) is 1. The summed E-state index contributed by atoms with van der Waals surface area (Å²) in [7, 11) is 0. The fourth-order valence-corrected chi connectivity index (χ4v) is 2.63. The first kappa shape index (κ1) is 11.5. The molecule has 1 aliphatic heterocycles. The van der Waals surface area contributed by atoms with Crippen LogP contribution in [0.15, 0.2) is 6.20 Å². The quantitative estimate of drug-likeness (QED) is 0.833. The zero-order valence-corrected chi connectivity index (χ0v) is 10.1. The first-order valence-electron chi connectivity index (χ1n) is 5.54. The Balaban J connectivity index is 2.14. The number of aromatic nitrogens is 2. The van der Waals surface area contributed by atoms with E-state index in [0.29, 0.717) is 4.88 Å². The molecule has 1 aromatic rings. The minimum absolute atomic E-state index is 0.0186. The summed E-state index contributed by atoms with van der Waals surface area (Å²) in [5, 5.41) is 3.70. The molecule has 0 aliphatic carbocycles. The minimum atomic E-state index is 0.0186. The van der Waals surface area contributed by atoms with Crippen molar-refractivity contribution in [3.63, 3.8) is 0 Å². The van der Waals surface area contributed by atoms with Crippen LogP contribution in [0.5, 0.6) is 0 Å². The Bertz CT molecular complexity index is 352. The summed E-state index contributed by atoms with van der Waals surface area (Å²) >= 11 is 1.15. The molecular weight excluding hydrogens is 224 g/mol. The molecule has 2 N–H and O–H groups in total. The molecule has 16 heavy (non-hydrogen) atoms. The number of hydrogen-bond acceptors (Lipinski definition) is 5. The Morgan fingerprint density at radius 1 is 1.69 bits per heavy atom. The van der Waals surface area contributed by atoms with E-state index in [2.05, 4.69) is 9.59 Å². The van der Waals surface area contributed by atoms with Gasteiger partial charge in [0, 0.05) is 18.6 Å². The Morgan fingerprint density at radius 3 is 3.12 bits per heavy atom. The monoisotopic (exact) mass is 240 g/mol. The van der Waals surface area contributed by atoms with Gasteiger partial charge in [-0.1, -0.05) is 4.49 Å². The van der Waals surface area contributed by atoms with Gasteiger partial charge in [-0.05, 0) is 37.7 Å². The second kappa shape index (κ2) is 4.88. The summed E-state index contributed by atoms with van der Waals surface area (Å²) in [5.74, 6) is 0.0250. The van der Waals surface area contributed by atoms with Crippen molar-refractivity contribution in [1.82, 2.24) is 14.5 Å². The third-order valence-corrected chi connectivity index (χ3v) is 3.64. The van der Waals surface area contributed by atoms with E-state index >= 15 is 0 Å². The molecule has 2 unspecified atom stereocenters. The maximum absolute atomic E-state index is 12.2. The van der Waals surface area contributed by atoms with Gasteiger partial charge in [0.15, 0.2) is 0 Å². The van der Waals surface area contributed by atoms with Gasteiger partial charge < -0.3 is 10.6 Å². The van der Waals surface area contributed by atoms with Crippen LogP contribution in [0.2, 0.25) is 0 Å². The first-order valence-corrected chi connectivity index (χ1v) is 6.31. The molecule has 0 radical (unpaired) electrons. The Labute approximate surface area is 98.8 Å². The first-order chi connectivity index (χ1) is 7.70. The van der Waals surface area contributed by atoms with E-state index in [4.69, 9.17) is 5.73 Å². The molecule has 0 saturated carbocycles. The Hall–Kier alpha value is -1.01. The van der Waals surface area contributed by atoms with Gasteiger partial charge in [0.05, 0.1) is 6.20 Å². The second-order valence-electron chi connectivity index (χ2n) is 4.20. The van der Waals surface area contributed by atoms with Crippen LogP contribution < -0.4 is 5.73 Å². The number of piperidine rings is 1. The number of rotatable bonds is 2. The summed E-state index contributed by atoms with van der Waals surface area (Å²) in [5.41, 5.74) is 5.93. The van der Waals surface area contributed by atoms with E-state index in [1.54, 1.807) is 0 Å². The highest BCUT2D eigenvalue weighted by Crippen LogP contribution is 2.21. The molecule has 1 amide bonds. The second-order valence-corrected chi connectivity index (χ2v) is 4.99. The van der Waals surface area contributed by atoms with Crippen molar-refractivity contribution in [1.29, 1.82) is 0 Å². The average molecular weight is 240 g/mol. The van der Waals surface area contributed by atoms with E-state index in [-0.39, 0.29) is 18.0 Å². The number of hydrogen-bond donors (Lipinski definition) is 1.